The largest absolute Gasteiger partial charge is 0.508 e. The average molecular weight is 812 g/mol. The molecule has 58 heavy (non-hydrogen) atoms. The second kappa shape index (κ2) is 18.1. The lowest BCUT2D eigenvalue weighted by Crippen LogP contribution is -2.51. The summed E-state index contributed by atoms with van der Waals surface area (Å²) in [7, 11) is 4.23. The third-order valence-corrected chi connectivity index (χ3v) is 9.96. The second-order valence-corrected chi connectivity index (χ2v) is 13.8. The minimum Gasteiger partial charge on any atom is -0.508 e. The maximum Gasteiger partial charge on any atom is 0.336 e. The first-order chi connectivity index (χ1) is 27.9. The van der Waals surface area contributed by atoms with Crippen LogP contribution in [0.1, 0.15) is 52.8 Å². The van der Waals surface area contributed by atoms with Crippen LogP contribution in [0.15, 0.2) is 75.9 Å². The molecule has 3 aromatic rings. The van der Waals surface area contributed by atoms with Gasteiger partial charge in [0, 0.05) is 53.0 Å². The van der Waals surface area contributed by atoms with Gasteiger partial charge in [-0.1, -0.05) is 6.07 Å². The van der Waals surface area contributed by atoms with Gasteiger partial charge in [-0.15, -0.1) is 0 Å². The molecule has 302 valence electrons. The average Bonchev–Trinajstić information content (AvgIpc) is 3.22. The number of hydrogen-bond donors (Lipinski definition) is 4. The van der Waals surface area contributed by atoms with E-state index in [0.29, 0.717) is 66.4 Å². The molecule has 1 saturated heterocycles. The molecule has 2 heterocycles. The van der Waals surface area contributed by atoms with Crippen molar-refractivity contribution in [3.63, 3.8) is 0 Å². The second-order valence-electron chi connectivity index (χ2n) is 13.4. The number of phenols is 1. The molecular formula is C42H41N3O12S. The number of ether oxygens (including phenoxy) is 4. The number of thiocarbonyl (C=S) groups is 1. The number of unbranched alkanes of at least 4 members (excludes halogenated alkanes) is 1. The van der Waals surface area contributed by atoms with Crippen LogP contribution in [0.5, 0.6) is 23.0 Å². The van der Waals surface area contributed by atoms with Crippen molar-refractivity contribution in [3.8, 4) is 45.4 Å². The Hall–Kier alpha value is -6.68. The van der Waals surface area contributed by atoms with E-state index in [2.05, 4.69) is 10.6 Å². The van der Waals surface area contributed by atoms with Crippen LogP contribution in [0.4, 0.5) is 5.69 Å². The predicted molar refractivity (Wildman–Crippen MR) is 217 cm³/mol. The molecule has 0 aromatic heterocycles. The highest BCUT2D eigenvalue weighted by molar-refractivity contribution is 7.80. The molecule has 3 aliphatic rings. The molecule has 16 heteroatoms. The molecule has 3 aromatic carbocycles. The molecule has 15 nitrogen and oxygen atoms in total. The molecule has 6 rings (SSSR count). The summed E-state index contributed by atoms with van der Waals surface area (Å²) < 4.78 is 27.4. The number of aromatic hydroxyl groups is 1. The monoisotopic (exact) mass is 811 g/mol. The van der Waals surface area contributed by atoms with Crippen molar-refractivity contribution >= 4 is 57.6 Å². The molecule has 0 spiro atoms. The minimum absolute atomic E-state index is 0.0333. The summed E-state index contributed by atoms with van der Waals surface area (Å²) in [5.74, 6) is -2.53. The Morgan fingerprint density at radius 2 is 1.64 bits per heavy atom. The molecule has 0 unspecified atom stereocenters. The zero-order valence-corrected chi connectivity index (χ0v) is 32.7. The molecule has 1 atom stereocenters. The number of carboxylic acids is 1. The Morgan fingerprint density at radius 1 is 0.897 bits per heavy atom. The van der Waals surface area contributed by atoms with Crippen LogP contribution in [-0.4, -0.2) is 90.9 Å². The number of esters is 1. The van der Waals surface area contributed by atoms with Crippen molar-refractivity contribution in [2.24, 2.45) is 0 Å². The SMILES string of the molecule is COc1cc(C(=O)C(=O)N2CCCC[C@H]2C(=O)OCCCCNC(=S)Nc2ccc(-c3c4ccc(=O)cc-4oc4cc(O)ccc34)c(C(=O)O)c2)cc(OC)c1OC. The number of carbonyl (C=O) groups is 4. The van der Waals surface area contributed by atoms with E-state index >= 15 is 0 Å². The smallest absolute Gasteiger partial charge is 0.336 e. The summed E-state index contributed by atoms with van der Waals surface area (Å²) in [5.41, 5.74) is 1.82. The van der Waals surface area contributed by atoms with Crippen LogP contribution in [0.2, 0.25) is 0 Å². The zero-order valence-electron chi connectivity index (χ0n) is 31.9. The Labute approximate surface area is 337 Å². The number of benzene rings is 4. The van der Waals surface area contributed by atoms with Gasteiger partial charge in [-0.25, -0.2) is 9.59 Å². The number of nitrogens with one attached hydrogen (secondary N) is 2. The lowest BCUT2D eigenvalue weighted by Gasteiger charge is -2.33. The summed E-state index contributed by atoms with van der Waals surface area (Å²) in [6.45, 7) is 0.713. The predicted octanol–water partition coefficient (Wildman–Crippen LogP) is 5.87. The van der Waals surface area contributed by atoms with E-state index in [1.165, 1.54) is 68.7 Å². The Morgan fingerprint density at radius 3 is 2.34 bits per heavy atom. The number of Topliss-reactive ketones (excluding diaryl/α,β-unsaturated/α-hetero) is 1. The van der Waals surface area contributed by atoms with E-state index in [1.54, 1.807) is 24.3 Å². The van der Waals surface area contributed by atoms with Crippen LogP contribution < -0.4 is 30.3 Å². The van der Waals surface area contributed by atoms with E-state index in [9.17, 15) is 34.2 Å². The van der Waals surface area contributed by atoms with Gasteiger partial charge >= 0.3 is 11.9 Å². The number of hydrogen-bond acceptors (Lipinski definition) is 12. The van der Waals surface area contributed by atoms with Gasteiger partial charge in [-0.05, 0) is 98.4 Å². The number of likely N-dealkylation sites (tertiary alicyclic amines) is 1. The zero-order chi connectivity index (χ0) is 41.5. The molecule has 0 radical (unpaired) electrons. The van der Waals surface area contributed by atoms with Crippen LogP contribution in [-0.2, 0) is 14.3 Å². The van der Waals surface area contributed by atoms with Gasteiger partial charge in [0.1, 0.15) is 23.1 Å². The number of anilines is 1. The molecule has 0 bridgehead atoms. The van der Waals surface area contributed by atoms with Gasteiger partial charge in [0.15, 0.2) is 22.0 Å². The van der Waals surface area contributed by atoms with Gasteiger partial charge in [0.25, 0.3) is 11.7 Å². The topological polar surface area (TPSA) is 203 Å². The fourth-order valence-corrected chi connectivity index (χ4v) is 7.15. The number of piperidine rings is 1. The Balaban J connectivity index is 1.03. The number of carboxylic acid groups (broad SMARTS) is 1. The van der Waals surface area contributed by atoms with Crippen LogP contribution in [0.3, 0.4) is 0 Å². The van der Waals surface area contributed by atoms with Crippen molar-refractivity contribution in [1.29, 1.82) is 0 Å². The highest BCUT2D eigenvalue weighted by atomic mass is 32.1. The number of phenolic OH excluding ortho intramolecular Hbond substituents is 1. The summed E-state index contributed by atoms with van der Waals surface area (Å²) in [4.78, 5) is 65.8. The van der Waals surface area contributed by atoms with E-state index in [0.717, 1.165) is 0 Å². The Kier molecular flexibility index (Phi) is 12.8. The number of carbonyl (C=O) groups excluding carboxylic acids is 3. The van der Waals surface area contributed by atoms with E-state index in [-0.39, 0.29) is 69.2 Å². The number of aromatic carboxylic acids is 1. The highest BCUT2D eigenvalue weighted by Crippen LogP contribution is 2.43. The number of rotatable bonds is 14. The quantitative estimate of drug-likeness (QED) is 0.0259. The standard InChI is InChI=1S/C42H41N3O12S/c1-53-34-18-23(19-35(54-2)38(34)55-3)37(48)39(49)45-16-6-4-8-31(45)41(52)56-17-7-5-15-43-42(58)44-24-9-12-27(30(20-24)40(50)51)36-28-13-10-25(46)21-32(28)57-33-22-26(47)11-14-29(33)36/h9-14,18-22,31,46H,4-8,15-17H2,1-3H3,(H,50,51)(H2,43,44,58)/t31-/m0/s1. The summed E-state index contributed by atoms with van der Waals surface area (Å²) in [6.07, 6.45) is 2.72. The van der Waals surface area contributed by atoms with Gasteiger partial charge in [-0.2, -0.15) is 0 Å². The summed E-state index contributed by atoms with van der Waals surface area (Å²) in [5, 5.41) is 27.2. The molecule has 4 N–H and O–H groups in total. The molecule has 2 aliphatic heterocycles. The van der Waals surface area contributed by atoms with Crippen LogP contribution in [0, 0.1) is 0 Å². The third kappa shape index (κ3) is 8.81. The van der Waals surface area contributed by atoms with Crippen molar-refractivity contribution in [3.05, 3.63) is 88.1 Å². The van der Waals surface area contributed by atoms with Crippen molar-refractivity contribution in [2.45, 2.75) is 38.1 Å². The highest BCUT2D eigenvalue weighted by Gasteiger charge is 2.37. The van der Waals surface area contributed by atoms with Crippen molar-refractivity contribution in [1.82, 2.24) is 10.2 Å². The number of fused-ring (bicyclic) bond motifs is 2. The Bertz CT molecular complexity index is 2400. The first kappa shape index (κ1) is 41.0. The number of amides is 1. The molecule has 1 fully saturated rings. The molecular weight excluding hydrogens is 771 g/mol. The third-order valence-electron chi connectivity index (χ3n) is 9.71. The summed E-state index contributed by atoms with van der Waals surface area (Å²) >= 11 is 5.46. The van der Waals surface area contributed by atoms with E-state index in [1.807, 2.05) is 0 Å². The molecule has 1 aliphatic carbocycles. The minimum atomic E-state index is -1.20. The van der Waals surface area contributed by atoms with Gasteiger partial charge in [-0.3, -0.25) is 14.4 Å². The van der Waals surface area contributed by atoms with E-state index in [4.69, 9.17) is 35.6 Å². The first-order valence-corrected chi connectivity index (χ1v) is 18.8. The first-order valence-electron chi connectivity index (χ1n) is 18.4. The normalized spacial score (nSPS) is 13.8. The van der Waals surface area contributed by atoms with Gasteiger partial charge < -0.3 is 49.1 Å². The van der Waals surface area contributed by atoms with E-state index < -0.39 is 29.7 Å². The maximum absolute atomic E-state index is 13.4. The molecule has 1 amide bonds. The lowest BCUT2D eigenvalue weighted by molar-refractivity contribution is -0.155. The molecule has 0 saturated carbocycles. The maximum atomic E-state index is 13.4. The number of ketones is 1. The van der Waals surface area contributed by atoms with Crippen LogP contribution >= 0.6 is 12.2 Å². The van der Waals surface area contributed by atoms with Crippen LogP contribution in [0.25, 0.3) is 33.4 Å². The van der Waals surface area contributed by atoms with Crippen molar-refractivity contribution in [2.75, 3.05) is 46.3 Å². The summed E-state index contributed by atoms with van der Waals surface area (Å²) in [6, 6.07) is 15.4. The lowest BCUT2D eigenvalue weighted by atomic mass is 9.90. The van der Waals surface area contributed by atoms with Gasteiger partial charge in [0.05, 0.1) is 33.5 Å². The van der Waals surface area contributed by atoms with Crippen molar-refractivity contribution < 1.29 is 52.8 Å². The number of methoxy groups -OCH3 is 3. The van der Waals surface area contributed by atoms with Gasteiger partial charge in [0.2, 0.25) is 5.75 Å². The number of nitrogens with zero attached hydrogens (tertiary/aromatic N) is 1. The fraction of sp³-hybridized carbons (Fsp3) is 0.286. The fourth-order valence-electron chi connectivity index (χ4n) is 6.93.